The summed E-state index contributed by atoms with van der Waals surface area (Å²) in [4.78, 5) is 11.3. The van der Waals surface area contributed by atoms with Gasteiger partial charge in [-0.25, -0.2) is 0 Å². The number of hydrogen-bond acceptors (Lipinski definition) is 4. The van der Waals surface area contributed by atoms with Gasteiger partial charge in [0.25, 0.3) is 0 Å². The fourth-order valence-electron chi connectivity index (χ4n) is 1.94. The summed E-state index contributed by atoms with van der Waals surface area (Å²) < 4.78 is 5.43. The van der Waals surface area contributed by atoms with E-state index in [-0.39, 0.29) is 12.5 Å². The number of ether oxygens (including phenoxy) is 1. The van der Waals surface area contributed by atoms with Crippen LogP contribution in [-0.2, 0) is 17.6 Å². The van der Waals surface area contributed by atoms with Crippen LogP contribution in [0.15, 0.2) is 18.2 Å². The minimum Gasteiger partial charge on any atom is -0.493 e. The van der Waals surface area contributed by atoms with E-state index < -0.39 is 6.04 Å². The molecule has 1 aromatic rings. The van der Waals surface area contributed by atoms with Crippen molar-refractivity contribution in [3.8, 4) is 5.75 Å². The Kier molecular flexibility index (Phi) is 4.17. The molecule has 98 valence electrons. The normalized spacial score (nSPS) is 14.8. The Balaban J connectivity index is 1.82. The smallest absolute Gasteiger partial charge is 0.239 e. The van der Waals surface area contributed by atoms with E-state index >= 15 is 0 Å². The van der Waals surface area contributed by atoms with Crippen LogP contribution in [0.2, 0.25) is 0 Å². The lowest BCUT2D eigenvalue weighted by Crippen LogP contribution is -2.43. The van der Waals surface area contributed by atoms with E-state index in [4.69, 9.17) is 15.6 Å². The predicted octanol–water partition coefficient (Wildman–Crippen LogP) is -0.400. The van der Waals surface area contributed by atoms with Crippen LogP contribution in [0.25, 0.3) is 0 Å². The van der Waals surface area contributed by atoms with Crippen molar-refractivity contribution in [1.82, 2.24) is 5.32 Å². The van der Waals surface area contributed by atoms with Crippen molar-refractivity contribution in [2.45, 2.75) is 18.9 Å². The molecule has 1 heterocycles. The Morgan fingerprint density at radius 3 is 3.17 bits per heavy atom. The molecule has 0 saturated heterocycles. The number of aliphatic hydroxyl groups excluding tert-OH is 1. The van der Waals surface area contributed by atoms with Crippen molar-refractivity contribution in [2.24, 2.45) is 5.73 Å². The highest BCUT2D eigenvalue weighted by molar-refractivity contribution is 5.81. The number of amides is 1. The van der Waals surface area contributed by atoms with Crippen molar-refractivity contribution >= 4 is 5.91 Å². The number of carbonyl (C=O) groups excluding carboxylic acids is 1. The minimum absolute atomic E-state index is 0.318. The molecule has 2 rings (SSSR count). The van der Waals surface area contributed by atoms with E-state index in [0.29, 0.717) is 6.54 Å². The lowest BCUT2D eigenvalue weighted by atomic mass is 10.1. The van der Waals surface area contributed by atoms with Gasteiger partial charge in [0.15, 0.2) is 0 Å². The average molecular weight is 250 g/mol. The highest BCUT2D eigenvalue weighted by Crippen LogP contribution is 2.25. The van der Waals surface area contributed by atoms with Gasteiger partial charge in [-0.2, -0.15) is 0 Å². The van der Waals surface area contributed by atoms with Crippen molar-refractivity contribution in [3.63, 3.8) is 0 Å². The van der Waals surface area contributed by atoms with Gasteiger partial charge >= 0.3 is 0 Å². The summed E-state index contributed by atoms with van der Waals surface area (Å²) in [7, 11) is 0. The largest absolute Gasteiger partial charge is 0.493 e. The number of aliphatic hydroxyl groups is 1. The molecule has 4 N–H and O–H groups in total. The fourth-order valence-corrected chi connectivity index (χ4v) is 1.94. The Hall–Kier alpha value is -1.59. The van der Waals surface area contributed by atoms with E-state index in [1.807, 2.05) is 12.1 Å². The Morgan fingerprint density at radius 1 is 1.56 bits per heavy atom. The summed E-state index contributed by atoms with van der Waals surface area (Å²) in [6.07, 6.45) is 1.70. The predicted molar refractivity (Wildman–Crippen MR) is 67.4 cm³/mol. The first-order valence-corrected chi connectivity index (χ1v) is 6.09. The Labute approximate surface area is 106 Å². The van der Waals surface area contributed by atoms with Gasteiger partial charge in [0, 0.05) is 13.0 Å². The third-order valence-corrected chi connectivity index (χ3v) is 3.00. The Morgan fingerprint density at radius 2 is 2.39 bits per heavy atom. The molecule has 0 spiro atoms. The molecule has 1 amide bonds. The van der Waals surface area contributed by atoms with Gasteiger partial charge in [-0.1, -0.05) is 12.1 Å². The van der Waals surface area contributed by atoms with Gasteiger partial charge in [0.1, 0.15) is 11.8 Å². The summed E-state index contributed by atoms with van der Waals surface area (Å²) in [6, 6.07) is 5.25. The first kappa shape index (κ1) is 12.9. The van der Waals surface area contributed by atoms with Crippen LogP contribution in [0.3, 0.4) is 0 Å². The molecule has 0 fully saturated rings. The highest BCUT2D eigenvalue weighted by atomic mass is 16.5. The average Bonchev–Trinajstić information content (AvgIpc) is 2.85. The number of rotatable bonds is 5. The molecule has 1 aromatic carbocycles. The maximum Gasteiger partial charge on any atom is 0.239 e. The number of nitrogens with one attached hydrogen (secondary N) is 1. The summed E-state index contributed by atoms with van der Waals surface area (Å²) in [5.41, 5.74) is 7.78. The van der Waals surface area contributed by atoms with Crippen LogP contribution in [0.5, 0.6) is 5.75 Å². The van der Waals surface area contributed by atoms with Crippen LogP contribution < -0.4 is 15.8 Å². The number of nitrogens with two attached hydrogens (primary N) is 1. The second-order valence-electron chi connectivity index (χ2n) is 4.37. The zero-order valence-corrected chi connectivity index (χ0v) is 10.2. The molecule has 0 radical (unpaired) electrons. The standard InChI is InChI=1S/C13H18N2O3/c14-11(8-16)13(17)15-5-3-9-1-2-12-10(7-9)4-6-18-12/h1-2,7,11,16H,3-6,8,14H2,(H,15,17). The first-order valence-electron chi connectivity index (χ1n) is 6.09. The molecular weight excluding hydrogens is 232 g/mol. The fraction of sp³-hybridized carbons (Fsp3) is 0.462. The van der Waals surface area contributed by atoms with Gasteiger partial charge in [-0.15, -0.1) is 0 Å². The number of benzene rings is 1. The van der Waals surface area contributed by atoms with E-state index in [0.717, 1.165) is 30.8 Å². The van der Waals surface area contributed by atoms with E-state index in [1.165, 1.54) is 5.56 Å². The van der Waals surface area contributed by atoms with Crippen LogP contribution in [0.1, 0.15) is 11.1 Å². The quantitative estimate of drug-likeness (QED) is 0.664. The van der Waals surface area contributed by atoms with Crippen molar-refractivity contribution in [3.05, 3.63) is 29.3 Å². The second-order valence-corrected chi connectivity index (χ2v) is 4.37. The molecular formula is C13H18N2O3. The first-order chi connectivity index (χ1) is 8.70. The molecule has 18 heavy (non-hydrogen) atoms. The lowest BCUT2D eigenvalue weighted by molar-refractivity contribution is -0.123. The molecule has 1 atom stereocenters. The third-order valence-electron chi connectivity index (χ3n) is 3.00. The van der Waals surface area contributed by atoms with E-state index in [9.17, 15) is 4.79 Å². The van der Waals surface area contributed by atoms with Crippen LogP contribution in [-0.4, -0.2) is 36.8 Å². The molecule has 1 aliphatic heterocycles. The van der Waals surface area contributed by atoms with Gasteiger partial charge in [-0.05, 0) is 23.6 Å². The van der Waals surface area contributed by atoms with Gasteiger partial charge in [-0.3, -0.25) is 4.79 Å². The SMILES string of the molecule is NC(CO)C(=O)NCCc1ccc2c(c1)CCO2. The van der Waals surface area contributed by atoms with E-state index in [1.54, 1.807) is 0 Å². The number of carbonyl (C=O) groups is 1. The highest BCUT2D eigenvalue weighted by Gasteiger charge is 2.13. The Bertz CT molecular complexity index is 434. The minimum atomic E-state index is -0.835. The zero-order chi connectivity index (χ0) is 13.0. The topological polar surface area (TPSA) is 84.6 Å². The lowest BCUT2D eigenvalue weighted by Gasteiger charge is -2.09. The summed E-state index contributed by atoms with van der Waals surface area (Å²) in [5, 5.41) is 11.4. The van der Waals surface area contributed by atoms with Crippen molar-refractivity contribution < 1.29 is 14.6 Å². The van der Waals surface area contributed by atoms with Crippen LogP contribution in [0.4, 0.5) is 0 Å². The summed E-state index contributed by atoms with van der Waals surface area (Å²) in [5.74, 6) is 0.645. The van der Waals surface area contributed by atoms with Gasteiger partial charge in [0.05, 0.1) is 13.2 Å². The number of hydrogen-bond donors (Lipinski definition) is 3. The maximum absolute atomic E-state index is 11.3. The molecule has 1 unspecified atom stereocenters. The zero-order valence-electron chi connectivity index (χ0n) is 10.2. The van der Waals surface area contributed by atoms with Crippen LogP contribution in [0, 0.1) is 0 Å². The molecule has 1 aliphatic rings. The molecule has 0 aliphatic carbocycles. The van der Waals surface area contributed by atoms with Crippen molar-refractivity contribution in [1.29, 1.82) is 0 Å². The number of fused-ring (bicyclic) bond motifs is 1. The summed E-state index contributed by atoms with van der Waals surface area (Å²) >= 11 is 0. The van der Waals surface area contributed by atoms with Gasteiger partial charge in [0.2, 0.25) is 5.91 Å². The molecule has 5 heteroatoms. The van der Waals surface area contributed by atoms with E-state index in [2.05, 4.69) is 11.4 Å². The monoisotopic (exact) mass is 250 g/mol. The summed E-state index contributed by atoms with van der Waals surface area (Å²) in [6.45, 7) is 0.940. The molecule has 0 bridgehead atoms. The molecule has 0 aromatic heterocycles. The third kappa shape index (κ3) is 3.00. The second kappa shape index (κ2) is 5.84. The van der Waals surface area contributed by atoms with Gasteiger partial charge < -0.3 is 20.9 Å². The van der Waals surface area contributed by atoms with Crippen LogP contribution >= 0.6 is 0 Å². The molecule has 0 saturated carbocycles. The molecule has 5 nitrogen and oxygen atoms in total. The van der Waals surface area contributed by atoms with Crippen molar-refractivity contribution in [2.75, 3.05) is 19.8 Å². The maximum atomic E-state index is 11.3.